The van der Waals surface area contributed by atoms with Crippen molar-refractivity contribution in [3.8, 4) is 5.75 Å². The van der Waals surface area contributed by atoms with Crippen LogP contribution in [0.4, 0.5) is 0 Å². The number of hydrogen-bond donors (Lipinski definition) is 1. The molecule has 0 radical (unpaired) electrons. The van der Waals surface area contributed by atoms with Crippen LogP contribution in [0.15, 0.2) is 48.5 Å². The summed E-state index contributed by atoms with van der Waals surface area (Å²) >= 11 is 0. The zero-order chi connectivity index (χ0) is 13.7. The van der Waals surface area contributed by atoms with Crippen molar-refractivity contribution in [1.82, 2.24) is 0 Å². The summed E-state index contributed by atoms with van der Waals surface area (Å²) in [5.74, 6) is 1.05. The van der Waals surface area contributed by atoms with E-state index in [-0.39, 0.29) is 12.5 Å². The minimum absolute atomic E-state index is 0.163. The Morgan fingerprint density at radius 3 is 2.47 bits per heavy atom. The first-order valence-electron chi connectivity index (χ1n) is 6.56. The number of rotatable bonds is 5. The largest absolute Gasteiger partial charge is 0.496 e. The molecule has 1 atom stereocenters. The Morgan fingerprint density at radius 1 is 1.11 bits per heavy atom. The highest BCUT2D eigenvalue weighted by atomic mass is 16.5. The summed E-state index contributed by atoms with van der Waals surface area (Å²) in [6, 6.07) is 16.5. The van der Waals surface area contributed by atoms with Crippen LogP contribution in [0.1, 0.15) is 29.0 Å². The molecule has 19 heavy (non-hydrogen) atoms. The van der Waals surface area contributed by atoms with Crippen LogP contribution in [0.3, 0.4) is 0 Å². The number of aryl methyl sites for hydroxylation is 1. The van der Waals surface area contributed by atoms with Crippen LogP contribution in [0.5, 0.6) is 5.75 Å². The third-order valence-corrected chi connectivity index (χ3v) is 3.38. The van der Waals surface area contributed by atoms with Crippen LogP contribution >= 0.6 is 0 Å². The van der Waals surface area contributed by atoms with Gasteiger partial charge in [-0.05, 0) is 25.0 Å². The minimum Gasteiger partial charge on any atom is -0.496 e. The Kier molecular flexibility index (Phi) is 4.58. The van der Waals surface area contributed by atoms with Crippen molar-refractivity contribution in [1.29, 1.82) is 0 Å². The van der Waals surface area contributed by atoms with Crippen LogP contribution < -0.4 is 4.74 Å². The second kappa shape index (κ2) is 6.39. The van der Waals surface area contributed by atoms with Crippen molar-refractivity contribution in [2.24, 2.45) is 0 Å². The van der Waals surface area contributed by atoms with E-state index in [0.717, 1.165) is 11.3 Å². The molecule has 0 spiro atoms. The minimum atomic E-state index is 0.163. The number of methoxy groups -OCH3 is 1. The van der Waals surface area contributed by atoms with Gasteiger partial charge in [0.05, 0.1) is 7.11 Å². The van der Waals surface area contributed by atoms with Crippen LogP contribution in [0, 0.1) is 6.92 Å². The maximum absolute atomic E-state index is 9.35. The first-order valence-corrected chi connectivity index (χ1v) is 6.56. The van der Waals surface area contributed by atoms with Gasteiger partial charge in [0, 0.05) is 18.1 Å². The third-order valence-electron chi connectivity index (χ3n) is 3.38. The summed E-state index contributed by atoms with van der Waals surface area (Å²) in [4.78, 5) is 0. The van der Waals surface area contributed by atoms with Crippen molar-refractivity contribution in [2.75, 3.05) is 13.7 Å². The van der Waals surface area contributed by atoms with Crippen molar-refractivity contribution in [3.63, 3.8) is 0 Å². The summed E-state index contributed by atoms with van der Waals surface area (Å²) in [5.41, 5.74) is 3.55. The van der Waals surface area contributed by atoms with E-state index in [1.807, 2.05) is 30.3 Å². The first-order chi connectivity index (χ1) is 9.26. The molecule has 2 rings (SSSR count). The van der Waals surface area contributed by atoms with Gasteiger partial charge in [-0.3, -0.25) is 0 Å². The monoisotopic (exact) mass is 256 g/mol. The van der Waals surface area contributed by atoms with Crippen molar-refractivity contribution in [3.05, 3.63) is 65.2 Å². The molecule has 2 heteroatoms. The van der Waals surface area contributed by atoms with E-state index >= 15 is 0 Å². The lowest BCUT2D eigenvalue weighted by atomic mass is 9.87. The van der Waals surface area contributed by atoms with Crippen LogP contribution in [0.25, 0.3) is 0 Å². The quantitative estimate of drug-likeness (QED) is 0.887. The van der Waals surface area contributed by atoms with Gasteiger partial charge in [-0.25, -0.2) is 0 Å². The second-order valence-electron chi connectivity index (χ2n) is 4.72. The maximum Gasteiger partial charge on any atom is 0.122 e. The molecule has 100 valence electrons. The molecule has 0 aliphatic carbocycles. The van der Waals surface area contributed by atoms with Crippen LogP contribution in [-0.4, -0.2) is 18.8 Å². The number of ether oxygens (including phenoxy) is 1. The average Bonchev–Trinajstić information content (AvgIpc) is 2.45. The zero-order valence-corrected chi connectivity index (χ0v) is 11.5. The van der Waals surface area contributed by atoms with E-state index in [4.69, 9.17) is 4.74 Å². The van der Waals surface area contributed by atoms with E-state index in [1.54, 1.807) is 7.11 Å². The van der Waals surface area contributed by atoms with Gasteiger partial charge in [-0.1, -0.05) is 48.0 Å². The zero-order valence-electron chi connectivity index (χ0n) is 11.5. The molecule has 0 saturated carbocycles. The molecule has 0 unspecified atom stereocenters. The van der Waals surface area contributed by atoms with E-state index in [9.17, 15) is 5.11 Å². The summed E-state index contributed by atoms with van der Waals surface area (Å²) in [6.45, 7) is 2.24. The summed E-state index contributed by atoms with van der Waals surface area (Å²) in [6.07, 6.45) is 0.698. The highest BCUT2D eigenvalue weighted by Gasteiger charge is 2.17. The molecule has 0 amide bonds. The van der Waals surface area contributed by atoms with Gasteiger partial charge in [0.1, 0.15) is 5.75 Å². The molecule has 0 heterocycles. The second-order valence-corrected chi connectivity index (χ2v) is 4.72. The van der Waals surface area contributed by atoms with Gasteiger partial charge in [-0.2, -0.15) is 0 Å². The van der Waals surface area contributed by atoms with E-state index in [0.29, 0.717) is 6.42 Å². The number of aliphatic hydroxyl groups is 1. The number of aliphatic hydroxyl groups excluding tert-OH is 1. The highest BCUT2D eigenvalue weighted by Crippen LogP contribution is 2.34. The SMILES string of the molecule is COc1ccc(C)cc1[C@@H](CCO)c1ccccc1. The normalized spacial score (nSPS) is 12.2. The fraction of sp³-hybridized carbons (Fsp3) is 0.294. The average molecular weight is 256 g/mol. The predicted molar refractivity (Wildman–Crippen MR) is 77.7 cm³/mol. The van der Waals surface area contributed by atoms with E-state index < -0.39 is 0 Å². The molecule has 0 aliphatic rings. The Morgan fingerprint density at radius 2 is 1.84 bits per heavy atom. The van der Waals surface area contributed by atoms with Crippen molar-refractivity contribution < 1.29 is 9.84 Å². The molecular weight excluding hydrogens is 236 g/mol. The fourth-order valence-electron chi connectivity index (χ4n) is 2.44. The molecule has 1 N–H and O–H groups in total. The highest BCUT2D eigenvalue weighted by molar-refractivity contribution is 5.44. The molecule has 0 aromatic heterocycles. The van der Waals surface area contributed by atoms with Gasteiger partial charge < -0.3 is 9.84 Å². The Labute approximate surface area is 114 Å². The molecule has 2 aromatic rings. The van der Waals surface area contributed by atoms with E-state index in [1.165, 1.54) is 11.1 Å². The number of benzene rings is 2. The fourth-order valence-corrected chi connectivity index (χ4v) is 2.44. The Balaban J connectivity index is 2.47. The van der Waals surface area contributed by atoms with Gasteiger partial charge in [0.25, 0.3) is 0 Å². The van der Waals surface area contributed by atoms with Gasteiger partial charge in [0.15, 0.2) is 0 Å². The molecule has 0 aliphatic heterocycles. The molecule has 0 saturated heterocycles. The lowest BCUT2D eigenvalue weighted by molar-refractivity contribution is 0.280. The first kappa shape index (κ1) is 13.6. The standard InChI is InChI=1S/C17H20O2/c1-13-8-9-17(19-2)16(12-13)15(10-11-18)14-6-4-3-5-7-14/h3-9,12,15,18H,10-11H2,1-2H3/t15-/m0/s1. The van der Waals surface area contributed by atoms with Gasteiger partial charge in [-0.15, -0.1) is 0 Å². The number of hydrogen-bond acceptors (Lipinski definition) is 2. The van der Waals surface area contributed by atoms with Crippen molar-refractivity contribution >= 4 is 0 Å². The third kappa shape index (κ3) is 3.15. The molecule has 0 bridgehead atoms. The van der Waals surface area contributed by atoms with Crippen molar-refractivity contribution in [2.45, 2.75) is 19.3 Å². The maximum atomic E-state index is 9.35. The summed E-state index contributed by atoms with van der Waals surface area (Å²) in [5, 5.41) is 9.35. The van der Waals surface area contributed by atoms with Gasteiger partial charge >= 0.3 is 0 Å². The molecular formula is C17H20O2. The topological polar surface area (TPSA) is 29.5 Å². The predicted octanol–water partition coefficient (Wildman–Crippen LogP) is 3.52. The molecule has 2 nitrogen and oxygen atoms in total. The lowest BCUT2D eigenvalue weighted by Gasteiger charge is -2.20. The summed E-state index contributed by atoms with van der Waals surface area (Å²) < 4.78 is 5.47. The Bertz CT molecular complexity index is 520. The summed E-state index contributed by atoms with van der Waals surface area (Å²) in [7, 11) is 1.69. The van der Waals surface area contributed by atoms with Crippen LogP contribution in [0.2, 0.25) is 0 Å². The van der Waals surface area contributed by atoms with Gasteiger partial charge in [0.2, 0.25) is 0 Å². The van der Waals surface area contributed by atoms with Crippen LogP contribution in [-0.2, 0) is 0 Å². The smallest absolute Gasteiger partial charge is 0.122 e. The van der Waals surface area contributed by atoms with E-state index in [2.05, 4.69) is 25.1 Å². The molecule has 2 aromatic carbocycles. The molecule has 0 fully saturated rings. The lowest BCUT2D eigenvalue weighted by Crippen LogP contribution is -2.06. The Hall–Kier alpha value is -1.80.